The molecule has 3 nitrogen and oxygen atoms in total. The van der Waals surface area contributed by atoms with Crippen molar-refractivity contribution in [3.05, 3.63) is 63.9 Å². The van der Waals surface area contributed by atoms with E-state index in [0.717, 1.165) is 17.8 Å². The second-order valence-electron chi connectivity index (χ2n) is 4.24. The van der Waals surface area contributed by atoms with Gasteiger partial charge in [-0.3, -0.25) is 5.10 Å². The van der Waals surface area contributed by atoms with Crippen LogP contribution in [0, 0.1) is 5.82 Å². The van der Waals surface area contributed by atoms with Gasteiger partial charge >= 0.3 is 0 Å². The average molecular weight is 305 g/mol. The first-order chi connectivity index (χ1) is 9.79. The molecule has 102 valence electrons. The summed E-state index contributed by atoms with van der Waals surface area (Å²) in [6.45, 7) is 0. The second-order valence-corrected chi connectivity index (χ2v) is 6.21. The number of hydrogen-bond donors (Lipinski definition) is 1. The van der Waals surface area contributed by atoms with E-state index in [1.807, 2.05) is 17.5 Å². The summed E-state index contributed by atoms with van der Waals surface area (Å²) >= 11 is 3.20. The Hall–Kier alpha value is -1.66. The van der Waals surface area contributed by atoms with Crippen LogP contribution >= 0.6 is 23.1 Å². The van der Waals surface area contributed by atoms with Crippen LogP contribution < -0.4 is 0 Å². The van der Waals surface area contributed by atoms with E-state index in [4.69, 9.17) is 0 Å². The molecule has 1 N–H and O–H groups in total. The van der Waals surface area contributed by atoms with Gasteiger partial charge in [0.2, 0.25) is 5.16 Å². The molecule has 2 heterocycles. The van der Waals surface area contributed by atoms with Gasteiger partial charge in [-0.05, 0) is 29.1 Å². The molecule has 2 aromatic heterocycles. The van der Waals surface area contributed by atoms with Gasteiger partial charge in [-0.15, -0.1) is 16.4 Å². The highest BCUT2D eigenvalue weighted by molar-refractivity contribution is 7.98. The van der Waals surface area contributed by atoms with Crippen LogP contribution in [0.25, 0.3) is 0 Å². The first-order valence-electron chi connectivity index (χ1n) is 6.10. The van der Waals surface area contributed by atoms with Crippen molar-refractivity contribution in [1.29, 1.82) is 0 Å². The van der Waals surface area contributed by atoms with Crippen LogP contribution in [-0.2, 0) is 12.2 Å². The standard InChI is InChI=1S/C14H12FN3S2/c15-11-4-1-3-10(7-11)9-20-14-16-13(17-18-14)8-12-5-2-6-19-12/h1-7H,8-9H2,(H,16,17,18). The van der Waals surface area contributed by atoms with Crippen molar-refractivity contribution >= 4 is 23.1 Å². The number of hydrogen-bond acceptors (Lipinski definition) is 4. The molecule has 0 atom stereocenters. The quantitative estimate of drug-likeness (QED) is 0.727. The zero-order valence-electron chi connectivity index (χ0n) is 10.5. The number of benzene rings is 1. The fourth-order valence-electron chi connectivity index (χ4n) is 1.77. The van der Waals surface area contributed by atoms with Gasteiger partial charge in [0.05, 0.1) is 0 Å². The van der Waals surface area contributed by atoms with Gasteiger partial charge in [0, 0.05) is 17.1 Å². The Morgan fingerprint density at radius 1 is 1.25 bits per heavy atom. The Morgan fingerprint density at radius 2 is 2.20 bits per heavy atom. The number of nitrogens with zero attached hydrogens (tertiary/aromatic N) is 2. The summed E-state index contributed by atoms with van der Waals surface area (Å²) in [5.41, 5.74) is 0.930. The lowest BCUT2D eigenvalue weighted by Gasteiger charge is -1.98. The fourth-order valence-corrected chi connectivity index (χ4v) is 3.24. The summed E-state index contributed by atoms with van der Waals surface area (Å²) < 4.78 is 13.1. The maximum atomic E-state index is 13.1. The van der Waals surface area contributed by atoms with E-state index in [1.54, 1.807) is 17.4 Å². The molecular formula is C14H12FN3S2. The predicted octanol–water partition coefficient (Wildman–Crippen LogP) is 3.89. The first-order valence-corrected chi connectivity index (χ1v) is 7.97. The van der Waals surface area contributed by atoms with E-state index in [9.17, 15) is 4.39 Å². The Kier molecular flexibility index (Phi) is 4.13. The Bertz CT molecular complexity index is 679. The van der Waals surface area contributed by atoms with Crippen molar-refractivity contribution in [2.24, 2.45) is 0 Å². The summed E-state index contributed by atoms with van der Waals surface area (Å²) in [4.78, 5) is 5.68. The maximum absolute atomic E-state index is 13.1. The van der Waals surface area contributed by atoms with E-state index in [2.05, 4.69) is 21.2 Å². The third kappa shape index (κ3) is 3.46. The van der Waals surface area contributed by atoms with Gasteiger partial charge < -0.3 is 0 Å². The molecule has 0 saturated heterocycles. The Labute approximate surface area is 124 Å². The smallest absolute Gasteiger partial charge is 0.208 e. The first kappa shape index (κ1) is 13.3. The zero-order chi connectivity index (χ0) is 13.8. The number of thioether (sulfide) groups is 1. The average Bonchev–Trinajstić information content (AvgIpc) is 3.09. The van der Waals surface area contributed by atoms with Gasteiger partial charge in [-0.25, -0.2) is 9.37 Å². The molecule has 0 aliphatic carbocycles. The van der Waals surface area contributed by atoms with Crippen LogP contribution in [0.15, 0.2) is 46.9 Å². The normalized spacial score (nSPS) is 10.8. The minimum absolute atomic E-state index is 0.212. The minimum atomic E-state index is -0.212. The molecule has 20 heavy (non-hydrogen) atoms. The molecule has 0 bridgehead atoms. The third-order valence-electron chi connectivity index (χ3n) is 2.69. The minimum Gasteiger partial charge on any atom is -0.262 e. The number of rotatable bonds is 5. The zero-order valence-corrected chi connectivity index (χ0v) is 12.2. The molecule has 0 saturated carbocycles. The van der Waals surface area contributed by atoms with E-state index < -0.39 is 0 Å². The lowest BCUT2D eigenvalue weighted by molar-refractivity contribution is 0.626. The highest BCUT2D eigenvalue weighted by Crippen LogP contribution is 2.20. The van der Waals surface area contributed by atoms with E-state index in [0.29, 0.717) is 10.9 Å². The number of thiophene rings is 1. The van der Waals surface area contributed by atoms with Crippen molar-refractivity contribution in [2.75, 3.05) is 0 Å². The molecule has 3 aromatic rings. The van der Waals surface area contributed by atoms with Gasteiger partial charge in [-0.1, -0.05) is 30.0 Å². The topological polar surface area (TPSA) is 41.6 Å². The summed E-state index contributed by atoms with van der Waals surface area (Å²) in [5, 5.41) is 9.86. The monoisotopic (exact) mass is 305 g/mol. The molecule has 0 aliphatic rings. The largest absolute Gasteiger partial charge is 0.262 e. The van der Waals surface area contributed by atoms with Gasteiger partial charge in [0.15, 0.2) is 0 Å². The predicted molar refractivity (Wildman–Crippen MR) is 79.5 cm³/mol. The summed E-state index contributed by atoms with van der Waals surface area (Å²) in [6.07, 6.45) is 0.769. The van der Waals surface area contributed by atoms with Crippen LogP contribution in [0.2, 0.25) is 0 Å². The van der Waals surface area contributed by atoms with E-state index in [-0.39, 0.29) is 5.82 Å². The summed E-state index contributed by atoms with van der Waals surface area (Å²) in [5.74, 6) is 1.30. The second kappa shape index (κ2) is 6.19. The molecule has 0 aliphatic heterocycles. The molecule has 0 amide bonds. The van der Waals surface area contributed by atoms with Crippen LogP contribution in [0.5, 0.6) is 0 Å². The number of aromatic amines is 1. The van der Waals surface area contributed by atoms with E-state index >= 15 is 0 Å². The van der Waals surface area contributed by atoms with Gasteiger partial charge in [0.25, 0.3) is 0 Å². The van der Waals surface area contributed by atoms with Gasteiger partial charge in [-0.2, -0.15) is 0 Å². The third-order valence-corrected chi connectivity index (χ3v) is 4.48. The van der Waals surface area contributed by atoms with Crippen molar-refractivity contribution < 1.29 is 4.39 Å². The van der Waals surface area contributed by atoms with E-state index in [1.165, 1.54) is 28.8 Å². The molecule has 3 rings (SSSR count). The number of nitrogens with one attached hydrogen (secondary N) is 1. The Balaban J connectivity index is 1.60. The molecule has 0 radical (unpaired) electrons. The molecule has 0 fully saturated rings. The molecule has 0 unspecified atom stereocenters. The molecule has 0 spiro atoms. The summed E-state index contributed by atoms with van der Waals surface area (Å²) in [6, 6.07) is 10.7. The lowest BCUT2D eigenvalue weighted by atomic mass is 10.2. The number of aromatic nitrogens is 3. The maximum Gasteiger partial charge on any atom is 0.208 e. The lowest BCUT2D eigenvalue weighted by Crippen LogP contribution is -1.87. The van der Waals surface area contributed by atoms with Crippen molar-refractivity contribution in [2.45, 2.75) is 17.3 Å². The van der Waals surface area contributed by atoms with Crippen LogP contribution in [-0.4, -0.2) is 15.2 Å². The van der Waals surface area contributed by atoms with Gasteiger partial charge in [0.1, 0.15) is 11.6 Å². The van der Waals surface area contributed by atoms with Crippen molar-refractivity contribution in [3.8, 4) is 0 Å². The molecule has 6 heteroatoms. The van der Waals surface area contributed by atoms with Crippen LogP contribution in [0.4, 0.5) is 4.39 Å². The van der Waals surface area contributed by atoms with Crippen molar-refractivity contribution in [3.63, 3.8) is 0 Å². The van der Waals surface area contributed by atoms with Crippen LogP contribution in [0.3, 0.4) is 0 Å². The Morgan fingerprint density at radius 3 is 3.00 bits per heavy atom. The summed E-state index contributed by atoms with van der Waals surface area (Å²) in [7, 11) is 0. The molecule has 1 aromatic carbocycles. The SMILES string of the molecule is Fc1cccc(CSc2n[nH]c(Cc3cccs3)n2)c1. The molecular weight excluding hydrogens is 293 g/mol. The fraction of sp³-hybridized carbons (Fsp3) is 0.143. The highest BCUT2D eigenvalue weighted by Gasteiger charge is 2.06. The van der Waals surface area contributed by atoms with Crippen molar-refractivity contribution in [1.82, 2.24) is 15.2 Å². The number of halogens is 1. The highest BCUT2D eigenvalue weighted by atomic mass is 32.2. The number of H-pyrrole nitrogens is 1. The van der Waals surface area contributed by atoms with Crippen LogP contribution in [0.1, 0.15) is 16.3 Å².